The lowest BCUT2D eigenvalue weighted by Crippen LogP contribution is -2.40. The molecule has 1 fully saturated rings. The summed E-state index contributed by atoms with van der Waals surface area (Å²) in [5, 5.41) is 3.75. The van der Waals surface area contributed by atoms with Crippen molar-refractivity contribution in [2.45, 2.75) is 122 Å². The highest BCUT2D eigenvalue weighted by Crippen LogP contribution is 2.18. The second-order valence-electron chi connectivity index (χ2n) is 7.45. The van der Waals surface area contributed by atoms with E-state index in [1.54, 1.807) is 0 Å². The average molecular weight is 308 g/mol. The second-order valence-corrected chi connectivity index (χ2v) is 7.45. The molecule has 1 heteroatoms. The Morgan fingerprint density at radius 3 is 1.91 bits per heavy atom. The van der Waals surface area contributed by atoms with Crippen molar-refractivity contribution in [3.05, 3.63) is 12.7 Å². The van der Waals surface area contributed by atoms with Gasteiger partial charge >= 0.3 is 0 Å². The van der Waals surface area contributed by atoms with Crippen LogP contribution >= 0.6 is 0 Å². The summed E-state index contributed by atoms with van der Waals surface area (Å²) in [4.78, 5) is 0. The molecule has 0 radical (unpaired) electrons. The Balaban J connectivity index is 1.74. The molecule has 1 rings (SSSR count). The molecule has 2 atom stereocenters. The van der Waals surface area contributed by atoms with Gasteiger partial charge in [-0.3, -0.25) is 0 Å². The maximum Gasteiger partial charge on any atom is 0.00695 e. The number of hydrogen-bond acceptors (Lipinski definition) is 1. The summed E-state index contributed by atoms with van der Waals surface area (Å²) in [6, 6.07) is 1.58. The van der Waals surface area contributed by atoms with E-state index in [0.29, 0.717) is 0 Å². The van der Waals surface area contributed by atoms with Crippen molar-refractivity contribution in [3.8, 4) is 0 Å². The fourth-order valence-electron chi connectivity index (χ4n) is 3.74. The quantitative estimate of drug-likeness (QED) is 0.276. The normalized spacial score (nSPS) is 21.9. The number of hydrogen-bond donors (Lipinski definition) is 1. The van der Waals surface area contributed by atoms with Crippen LogP contribution in [0.1, 0.15) is 110 Å². The first-order valence-corrected chi connectivity index (χ1v) is 10.2. The first kappa shape index (κ1) is 19.7. The highest BCUT2D eigenvalue weighted by molar-refractivity contribution is 4.77. The largest absolute Gasteiger partial charge is 0.312 e. The summed E-state index contributed by atoms with van der Waals surface area (Å²) >= 11 is 0. The van der Waals surface area contributed by atoms with Crippen molar-refractivity contribution in [1.82, 2.24) is 5.32 Å². The molecule has 1 heterocycles. The van der Waals surface area contributed by atoms with Crippen molar-refractivity contribution in [1.29, 1.82) is 0 Å². The van der Waals surface area contributed by atoms with Gasteiger partial charge in [0.2, 0.25) is 0 Å². The van der Waals surface area contributed by atoms with Gasteiger partial charge < -0.3 is 5.32 Å². The topological polar surface area (TPSA) is 12.0 Å². The first-order valence-electron chi connectivity index (χ1n) is 10.2. The molecule has 1 aliphatic heterocycles. The Morgan fingerprint density at radius 2 is 1.36 bits per heavy atom. The molecule has 130 valence electrons. The van der Waals surface area contributed by atoms with Gasteiger partial charge in [-0.1, -0.05) is 76.7 Å². The fourth-order valence-corrected chi connectivity index (χ4v) is 3.74. The molecular formula is C21H41N. The maximum absolute atomic E-state index is 3.78. The monoisotopic (exact) mass is 307 g/mol. The lowest BCUT2D eigenvalue weighted by molar-refractivity contribution is 0.314. The molecule has 1 saturated heterocycles. The molecule has 1 aliphatic rings. The zero-order chi connectivity index (χ0) is 15.9. The number of unbranched alkanes of at least 4 members (excludes halogenated alkanes) is 11. The molecule has 0 saturated carbocycles. The lowest BCUT2D eigenvalue weighted by Gasteiger charge is -2.28. The zero-order valence-corrected chi connectivity index (χ0v) is 15.3. The summed E-state index contributed by atoms with van der Waals surface area (Å²) in [6.45, 7) is 6.11. The molecule has 0 amide bonds. The predicted octanol–water partition coefficient (Wildman–Crippen LogP) is 6.77. The first-order chi connectivity index (χ1) is 10.8. The van der Waals surface area contributed by atoms with Crippen LogP contribution in [0.25, 0.3) is 0 Å². The third-order valence-electron chi connectivity index (χ3n) is 5.17. The van der Waals surface area contributed by atoms with E-state index in [1.807, 2.05) is 6.08 Å². The van der Waals surface area contributed by atoms with Gasteiger partial charge in [0.05, 0.1) is 0 Å². The highest BCUT2D eigenvalue weighted by Gasteiger charge is 2.16. The average Bonchev–Trinajstić information content (AvgIpc) is 2.52. The number of rotatable bonds is 14. The summed E-state index contributed by atoms with van der Waals surface area (Å²) in [5.41, 5.74) is 0. The molecule has 0 spiro atoms. The van der Waals surface area contributed by atoms with Gasteiger partial charge in [0, 0.05) is 12.1 Å². The molecular weight excluding hydrogens is 266 g/mol. The standard InChI is InChI=1S/C21H41N/c1-3-4-5-6-7-8-9-10-11-12-13-14-15-18-21-19-16-17-20(2)22-21/h3,20-22H,1,4-19H2,2H3/t20-,21-/m0/s1. The Hall–Kier alpha value is -0.300. The molecule has 0 bridgehead atoms. The summed E-state index contributed by atoms with van der Waals surface area (Å²) in [5.74, 6) is 0. The van der Waals surface area contributed by atoms with Crippen LogP contribution in [0.4, 0.5) is 0 Å². The van der Waals surface area contributed by atoms with Gasteiger partial charge in [0.25, 0.3) is 0 Å². The molecule has 22 heavy (non-hydrogen) atoms. The third-order valence-corrected chi connectivity index (χ3v) is 5.17. The van der Waals surface area contributed by atoms with Gasteiger partial charge in [-0.25, -0.2) is 0 Å². The van der Waals surface area contributed by atoms with Crippen molar-refractivity contribution in [2.75, 3.05) is 0 Å². The van der Waals surface area contributed by atoms with Crippen LogP contribution in [0.5, 0.6) is 0 Å². The van der Waals surface area contributed by atoms with Crippen LogP contribution in [-0.2, 0) is 0 Å². The highest BCUT2D eigenvalue weighted by atomic mass is 15.0. The number of allylic oxidation sites excluding steroid dienone is 1. The smallest absolute Gasteiger partial charge is 0.00695 e. The van der Waals surface area contributed by atoms with E-state index < -0.39 is 0 Å². The Morgan fingerprint density at radius 1 is 0.818 bits per heavy atom. The van der Waals surface area contributed by atoms with Gasteiger partial charge in [-0.2, -0.15) is 0 Å². The van der Waals surface area contributed by atoms with E-state index in [0.717, 1.165) is 12.1 Å². The van der Waals surface area contributed by atoms with Crippen LogP contribution in [0.15, 0.2) is 12.7 Å². The Kier molecular flexibility index (Phi) is 12.8. The number of piperidine rings is 1. The fraction of sp³-hybridized carbons (Fsp3) is 0.905. The van der Waals surface area contributed by atoms with Gasteiger partial charge in [-0.15, -0.1) is 6.58 Å². The summed E-state index contributed by atoms with van der Waals surface area (Å²) in [6.07, 6.45) is 24.7. The predicted molar refractivity (Wildman–Crippen MR) is 100 cm³/mol. The van der Waals surface area contributed by atoms with Crippen molar-refractivity contribution in [3.63, 3.8) is 0 Å². The minimum Gasteiger partial charge on any atom is -0.312 e. The molecule has 0 aliphatic carbocycles. The zero-order valence-electron chi connectivity index (χ0n) is 15.3. The van der Waals surface area contributed by atoms with Crippen molar-refractivity contribution >= 4 is 0 Å². The van der Waals surface area contributed by atoms with E-state index in [1.165, 1.54) is 103 Å². The summed E-state index contributed by atoms with van der Waals surface area (Å²) < 4.78 is 0. The van der Waals surface area contributed by atoms with Gasteiger partial charge in [-0.05, 0) is 39.0 Å². The molecule has 0 unspecified atom stereocenters. The molecule has 1 nitrogen and oxygen atoms in total. The van der Waals surface area contributed by atoms with Crippen molar-refractivity contribution < 1.29 is 0 Å². The third kappa shape index (κ3) is 11.3. The Bertz CT molecular complexity index is 248. The maximum atomic E-state index is 3.78. The van der Waals surface area contributed by atoms with Crippen LogP contribution in [0.2, 0.25) is 0 Å². The van der Waals surface area contributed by atoms with Crippen LogP contribution < -0.4 is 5.32 Å². The van der Waals surface area contributed by atoms with Crippen LogP contribution in [0.3, 0.4) is 0 Å². The van der Waals surface area contributed by atoms with Crippen LogP contribution in [0, 0.1) is 0 Å². The summed E-state index contributed by atoms with van der Waals surface area (Å²) in [7, 11) is 0. The Labute approximate surface area is 140 Å². The van der Waals surface area contributed by atoms with Crippen molar-refractivity contribution in [2.24, 2.45) is 0 Å². The van der Waals surface area contributed by atoms with E-state index in [4.69, 9.17) is 0 Å². The minimum atomic E-state index is 0.760. The molecule has 0 aromatic carbocycles. The van der Waals surface area contributed by atoms with E-state index in [2.05, 4.69) is 18.8 Å². The van der Waals surface area contributed by atoms with E-state index >= 15 is 0 Å². The molecule has 1 N–H and O–H groups in total. The lowest BCUT2D eigenvalue weighted by atomic mass is 9.95. The van der Waals surface area contributed by atoms with E-state index in [9.17, 15) is 0 Å². The van der Waals surface area contributed by atoms with Crippen LogP contribution in [-0.4, -0.2) is 12.1 Å². The van der Waals surface area contributed by atoms with E-state index in [-0.39, 0.29) is 0 Å². The SMILES string of the molecule is C=CCCCCCCCCCCCCC[C@H]1CCC[C@H](C)N1. The molecule has 0 aromatic heterocycles. The van der Waals surface area contributed by atoms with Gasteiger partial charge in [0.15, 0.2) is 0 Å². The second kappa shape index (κ2) is 14.3. The molecule has 0 aromatic rings. The minimum absolute atomic E-state index is 0.760. The number of nitrogens with one attached hydrogen (secondary N) is 1. The van der Waals surface area contributed by atoms with Gasteiger partial charge in [0.1, 0.15) is 0 Å².